The molecule has 2 aromatic heterocycles. The summed E-state index contributed by atoms with van der Waals surface area (Å²) in [6.07, 6.45) is 1.83. The van der Waals surface area contributed by atoms with Crippen LogP contribution in [-0.2, 0) is 12.0 Å². The SMILES string of the molecule is Cc1cnc(C)c(N2CCN(Cc3cc(C(C)(C)C)n[nH]3)CC2)n1. The molecule has 3 heterocycles. The molecule has 1 saturated heterocycles. The topological polar surface area (TPSA) is 60.9 Å². The molecule has 1 fully saturated rings. The monoisotopic (exact) mass is 328 g/mol. The van der Waals surface area contributed by atoms with Gasteiger partial charge in [-0.05, 0) is 19.9 Å². The molecule has 24 heavy (non-hydrogen) atoms. The van der Waals surface area contributed by atoms with Gasteiger partial charge in [-0.2, -0.15) is 5.10 Å². The van der Waals surface area contributed by atoms with Crippen LogP contribution < -0.4 is 4.90 Å². The minimum absolute atomic E-state index is 0.0921. The van der Waals surface area contributed by atoms with Crippen molar-refractivity contribution in [1.82, 2.24) is 25.1 Å². The van der Waals surface area contributed by atoms with E-state index in [0.29, 0.717) is 0 Å². The van der Waals surface area contributed by atoms with Crippen molar-refractivity contribution in [1.29, 1.82) is 0 Å². The number of piperazine rings is 1. The Morgan fingerprint density at radius 1 is 1.12 bits per heavy atom. The van der Waals surface area contributed by atoms with Crippen LogP contribution in [0.25, 0.3) is 0 Å². The van der Waals surface area contributed by atoms with Crippen molar-refractivity contribution in [3.8, 4) is 0 Å². The second-order valence-corrected chi connectivity index (χ2v) is 7.71. The first kappa shape index (κ1) is 16.9. The summed E-state index contributed by atoms with van der Waals surface area (Å²) in [6, 6.07) is 2.20. The van der Waals surface area contributed by atoms with Crippen LogP contribution in [0, 0.1) is 13.8 Å². The molecule has 0 aromatic carbocycles. The van der Waals surface area contributed by atoms with Crippen molar-refractivity contribution in [3.63, 3.8) is 0 Å². The Kier molecular flexibility index (Phi) is 4.58. The minimum atomic E-state index is 0.0921. The van der Waals surface area contributed by atoms with Gasteiger partial charge in [-0.25, -0.2) is 4.98 Å². The third-order valence-electron chi connectivity index (χ3n) is 4.52. The molecule has 3 rings (SSSR count). The quantitative estimate of drug-likeness (QED) is 0.938. The first-order valence-corrected chi connectivity index (χ1v) is 8.65. The molecule has 0 radical (unpaired) electrons. The number of nitrogens with one attached hydrogen (secondary N) is 1. The van der Waals surface area contributed by atoms with Crippen LogP contribution >= 0.6 is 0 Å². The van der Waals surface area contributed by atoms with Gasteiger partial charge in [0.2, 0.25) is 0 Å². The van der Waals surface area contributed by atoms with E-state index in [9.17, 15) is 0 Å². The summed E-state index contributed by atoms with van der Waals surface area (Å²) < 4.78 is 0. The van der Waals surface area contributed by atoms with Crippen molar-refractivity contribution >= 4 is 5.82 Å². The Labute approximate surface area is 144 Å². The van der Waals surface area contributed by atoms with Gasteiger partial charge in [-0.1, -0.05) is 20.8 Å². The average molecular weight is 328 g/mol. The van der Waals surface area contributed by atoms with Crippen LogP contribution in [0.15, 0.2) is 12.3 Å². The fourth-order valence-corrected chi connectivity index (χ4v) is 3.01. The molecule has 0 amide bonds. The summed E-state index contributed by atoms with van der Waals surface area (Å²) >= 11 is 0. The van der Waals surface area contributed by atoms with Gasteiger partial charge in [0.15, 0.2) is 0 Å². The van der Waals surface area contributed by atoms with Gasteiger partial charge in [-0.3, -0.25) is 15.0 Å². The Bertz CT molecular complexity index is 692. The van der Waals surface area contributed by atoms with Crippen LogP contribution in [-0.4, -0.2) is 51.2 Å². The largest absolute Gasteiger partial charge is 0.353 e. The van der Waals surface area contributed by atoms with Crippen molar-refractivity contribution in [3.05, 3.63) is 35.0 Å². The lowest BCUT2D eigenvalue weighted by Gasteiger charge is -2.35. The van der Waals surface area contributed by atoms with Gasteiger partial charge >= 0.3 is 0 Å². The fourth-order valence-electron chi connectivity index (χ4n) is 3.01. The third-order valence-corrected chi connectivity index (χ3v) is 4.52. The van der Waals surface area contributed by atoms with E-state index < -0.39 is 0 Å². The number of hydrogen-bond donors (Lipinski definition) is 1. The van der Waals surface area contributed by atoms with E-state index in [-0.39, 0.29) is 5.41 Å². The summed E-state index contributed by atoms with van der Waals surface area (Å²) in [4.78, 5) is 13.9. The molecule has 1 aliphatic heterocycles. The highest BCUT2D eigenvalue weighted by Gasteiger charge is 2.22. The molecular formula is C18H28N6. The number of nitrogens with zero attached hydrogens (tertiary/aromatic N) is 5. The van der Waals surface area contributed by atoms with Crippen molar-refractivity contribution in [2.75, 3.05) is 31.1 Å². The molecule has 130 valence electrons. The highest BCUT2D eigenvalue weighted by atomic mass is 15.3. The Morgan fingerprint density at radius 2 is 1.83 bits per heavy atom. The summed E-state index contributed by atoms with van der Waals surface area (Å²) in [6.45, 7) is 15.6. The maximum atomic E-state index is 4.66. The van der Waals surface area contributed by atoms with Crippen molar-refractivity contribution in [2.24, 2.45) is 0 Å². The number of rotatable bonds is 3. The van der Waals surface area contributed by atoms with Crippen LogP contribution in [0.1, 0.15) is 43.5 Å². The fraction of sp³-hybridized carbons (Fsp3) is 0.611. The number of aromatic amines is 1. The van der Waals surface area contributed by atoms with Gasteiger partial charge in [0.25, 0.3) is 0 Å². The predicted molar refractivity (Wildman–Crippen MR) is 96.3 cm³/mol. The second-order valence-electron chi connectivity index (χ2n) is 7.71. The molecule has 0 unspecified atom stereocenters. The normalized spacial score (nSPS) is 16.6. The number of aryl methyl sites for hydroxylation is 2. The smallest absolute Gasteiger partial charge is 0.150 e. The zero-order valence-corrected chi connectivity index (χ0v) is 15.4. The lowest BCUT2D eigenvalue weighted by Crippen LogP contribution is -2.46. The second kappa shape index (κ2) is 6.51. The van der Waals surface area contributed by atoms with E-state index in [2.05, 4.69) is 56.8 Å². The van der Waals surface area contributed by atoms with Crippen molar-refractivity contribution < 1.29 is 0 Å². The lowest BCUT2D eigenvalue weighted by atomic mass is 9.92. The highest BCUT2D eigenvalue weighted by Crippen LogP contribution is 2.22. The first-order valence-electron chi connectivity index (χ1n) is 8.65. The van der Waals surface area contributed by atoms with E-state index in [1.807, 2.05) is 20.0 Å². The predicted octanol–water partition coefficient (Wildman–Crippen LogP) is 2.44. The van der Waals surface area contributed by atoms with Crippen LogP contribution in [0.5, 0.6) is 0 Å². The van der Waals surface area contributed by atoms with E-state index in [1.54, 1.807) is 0 Å². The van der Waals surface area contributed by atoms with Gasteiger partial charge in [0.05, 0.1) is 17.1 Å². The highest BCUT2D eigenvalue weighted by molar-refractivity contribution is 5.43. The van der Waals surface area contributed by atoms with E-state index >= 15 is 0 Å². The zero-order valence-electron chi connectivity index (χ0n) is 15.4. The Morgan fingerprint density at radius 3 is 2.46 bits per heavy atom. The summed E-state index contributed by atoms with van der Waals surface area (Å²) in [5.74, 6) is 1.03. The molecular weight excluding hydrogens is 300 g/mol. The van der Waals surface area contributed by atoms with Crippen molar-refractivity contribution in [2.45, 2.75) is 46.6 Å². The standard InChI is InChI=1S/C18H28N6/c1-13-11-19-14(2)17(20-13)24-8-6-23(7-9-24)12-15-10-16(22-21-15)18(3,4)5/h10-11H,6-9,12H2,1-5H3,(H,21,22). The molecule has 6 nitrogen and oxygen atoms in total. The molecule has 0 aliphatic carbocycles. The molecule has 1 aliphatic rings. The van der Waals surface area contributed by atoms with Crippen LogP contribution in [0.2, 0.25) is 0 Å². The summed E-state index contributed by atoms with van der Waals surface area (Å²) in [5, 5.41) is 7.65. The first-order chi connectivity index (χ1) is 11.3. The van der Waals surface area contributed by atoms with Gasteiger partial charge < -0.3 is 4.90 Å². The average Bonchev–Trinajstić information content (AvgIpc) is 2.99. The summed E-state index contributed by atoms with van der Waals surface area (Å²) in [7, 11) is 0. The molecule has 2 aromatic rings. The van der Waals surface area contributed by atoms with E-state index in [4.69, 9.17) is 0 Å². The molecule has 0 atom stereocenters. The minimum Gasteiger partial charge on any atom is -0.353 e. The van der Waals surface area contributed by atoms with Gasteiger partial charge in [0, 0.05) is 50.0 Å². The molecule has 1 N–H and O–H groups in total. The Hall–Kier alpha value is -1.95. The van der Waals surface area contributed by atoms with E-state index in [1.165, 1.54) is 5.69 Å². The van der Waals surface area contributed by atoms with Crippen LogP contribution in [0.4, 0.5) is 5.82 Å². The number of H-pyrrole nitrogens is 1. The summed E-state index contributed by atoms with van der Waals surface area (Å²) in [5.41, 5.74) is 4.40. The van der Waals surface area contributed by atoms with E-state index in [0.717, 1.165) is 55.6 Å². The molecule has 6 heteroatoms. The zero-order chi connectivity index (χ0) is 17.3. The molecule has 0 spiro atoms. The van der Waals surface area contributed by atoms with Gasteiger partial charge in [0.1, 0.15) is 5.82 Å². The number of hydrogen-bond acceptors (Lipinski definition) is 5. The van der Waals surface area contributed by atoms with Gasteiger partial charge in [-0.15, -0.1) is 0 Å². The molecule has 0 saturated carbocycles. The maximum Gasteiger partial charge on any atom is 0.150 e. The number of aromatic nitrogens is 4. The maximum absolute atomic E-state index is 4.66. The lowest BCUT2D eigenvalue weighted by molar-refractivity contribution is 0.246. The van der Waals surface area contributed by atoms with Crippen LogP contribution in [0.3, 0.4) is 0 Å². The number of anilines is 1. The molecule has 0 bridgehead atoms. The third kappa shape index (κ3) is 3.75. The Balaban J connectivity index is 1.59.